The third-order valence-corrected chi connectivity index (χ3v) is 4.31. The van der Waals surface area contributed by atoms with Gasteiger partial charge in [0.05, 0.1) is 20.8 Å². The van der Waals surface area contributed by atoms with Crippen molar-refractivity contribution in [2.75, 3.05) is 39.8 Å². The Morgan fingerprint density at radius 2 is 1.81 bits per heavy atom. The molecule has 3 N–H and O–H groups in total. The van der Waals surface area contributed by atoms with Crippen molar-refractivity contribution in [2.45, 2.75) is 19.9 Å². The Balaban J connectivity index is 1.92. The lowest BCUT2D eigenvalue weighted by Gasteiger charge is -2.17. The normalized spacial score (nSPS) is 11.2. The molecule has 0 fully saturated rings. The molecule has 2 aromatic carbocycles. The molecule has 0 saturated heterocycles. The van der Waals surface area contributed by atoms with Gasteiger partial charge in [0.25, 0.3) is 0 Å². The maximum atomic E-state index is 6.02. The van der Waals surface area contributed by atoms with Gasteiger partial charge in [-0.3, -0.25) is 0 Å². The van der Waals surface area contributed by atoms with E-state index < -0.39 is 0 Å². The molecular weight excluding hydrogens is 340 g/mol. The van der Waals surface area contributed by atoms with E-state index in [2.05, 4.69) is 40.3 Å². The van der Waals surface area contributed by atoms with Crippen LogP contribution in [0.2, 0.25) is 0 Å². The van der Waals surface area contributed by atoms with Crippen molar-refractivity contribution < 1.29 is 9.47 Å². The highest BCUT2D eigenvalue weighted by molar-refractivity contribution is 5.78. The van der Waals surface area contributed by atoms with Crippen molar-refractivity contribution in [3.05, 3.63) is 53.1 Å². The van der Waals surface area contributed by atoms with Gasteiger partial charge >= 0.3 is 0 Å². The van der Waals surface area contributed by atoms with Gasteiger partial charge in [-0.05, 0) is 48.2 Å². The van der Waals surface area contributed by atoms with Crippen LogP contribution in [-0.4, -0.2) is 40.8 Å². The topological polar surface area (TPSA) is 72.1 Å². The van der Waals surface area contributed by atoms with Crippen molar-refractivity contribution in [3.8, 4) is 11.5 Å². The molecule has 6 nitrogen and oxygen atoms in total. The van der Waals surface area contributed by atoms with Gasteiger partial charge in [0.2, 0.25) is 0 Å². The summed E-state index contributed by atoms with van der Waals surface area (Å²) in [6.07, 6.45) is 0.810. The highest BCUT2D eigenvalue weighted by atomic mass is 16.5. The number of methoxy groups -OCH3 is 2. The number of aliphatic imine (C=N–C) groups is 1. The molecule has 2 aromatic rings. The van der Waals surface area contributed by atoms with E-state index >= 15 is 0 Å². The summed E-state index contributed by atoms with van der Waals surface area (Å²) in [5, 5.41) is 3.17. The second-order valence-electron chi connectivity index (χ2n) is 6.59. The van der Waals surface area contributed by atoms with Crippen molar-refractivity contribution in [1.29, 1.82) is 0 Å². The number of nitrogens with two attached hydrogens (primary N) is 1. The van der Waals surface area contributed by atoms with Gasteiger partial charge in [0.15, 0.2) is 17.5 Å². The predicted octanol–water partition coefficient (Wildman–Crippen LogP) is 2.73. The molecule has 0 aromatic heterocycles. The Morgan fingerprint density at radius 1 is 1.07 bits per heavy atom. The van der Waals surface area contributed by atoms with Gasteiger partial charge in [0.1, 0.15) is 0 Å². The average molecular weight is 370 g/mol. The van der Waals surface area contributed by atoms with Crippen LogP contribution in [0, 0.1) is 6.92 Å². The van der Waals surface area contributed by atoms with Crippen LogP contribution < -0.4 is 25.4 Å². The summed E-state index contributed by atoms with van der Waals surface area (Å²) in [7, 11) is 7.34. The van der Waals surface area contributed by atoms with Crippen LogP contribution in [0.1, 0.15) is 16.7 Å². The zero-order valence-electron chi connectivity index (χ0n) is 16.9. The number of hydrogen-bond donors (Lipinski definition) is 2. The largest absolute Gasteiger partial charge is 0.493 e. The van der Waals surface area contributed by atoms with Gasteiger partial charge in [-0.2, -0.15) is 0 Å². The Morgan fingerprint density at radius 3 is 2.48 bits per heavy atom. The van der Waals surface area contributed by atoms with Gasteiger partial charge < -0.3 is 25.4 Å². The van der Waals surface area contributed by atoms with E-state index in [0.29, 0.717) is 19.0 Å². The lowest BCUT2D eigenvalue weighted by atomic mass is 10.1. The summed E-state index contributed by atoms with van der Waals surface area (Å²) in [6.45, 7) is 3.33. The number of aryl methyl sites for hydroxylation is 1. The molecule has 146 valence electrons. The highest BCUT2D eigenvalue weighted by Gasteiger charge is 2.06. The lowest BCUT2D eigenvalue weighted by molar-refractivity contribution is 0.354. The molecule has 0 amide bonds. The van der Waals surface area contributed by atoms with E-state index in [1.54, 1.807) is 14.2 Å². The number of ether oxygens (including phenoxy) is 2. The fraction of sp³-hybridized carbons (Fsp3) is 0.381. The van der Waals surface area contributed by atoms with E-state index in [0.717, 1.165) is 34.7 Å². The third kappa shape index (κ3) is 5.81. The zero-order valence-corrected chi connectivity index (χ0v) is 16.9. The fourth-order valence-electron chi connectivity index (χ4n) is 2.82. The highest BCUT2D eigenvalue weighted by Crippen LogP contribution is 2.27. The molecule has 6 heteroatoms. The van der Waals surface area contributed by atoms with E-state index in [9.17, 15) is 0 Å². The van der Waals surface area contributed by atoms with Crippen molar-refractivity contribution in [2.24, 2.45) is 10.7 Å². The van der Waals surface area contributed by atoms with Crippen LogP contribution in [0.5, 0.6) is 11.5 Å². The Kier molecular flexibility index (Phi) is 7.34. The lowest BCUT2D eigenvalue weighted by Crippen LogP contribution is -2.33. The minimum Gasteiger partial charge on any atom is -0.493 e. The first-order valence-corrected chi connectivity index (χ1v) is 8.96. The first-order chi connectivity index (χ1) is 12.9. The molecule has 0 bridgehead atoms. The van der Waals surface area contributed by atoms with E-state index in [1.807, 2.05) is 32.3 Å². The number of anilines is 1. The van der Waals surface area contributed by atoms with Gasteiger partial charge in [-0.15, -0.1) is 0 Å². The summed E-state index contributed by atoms with van der Waals surface area (Å²) in [4.78, 5) is 6.57. The minimum atomic E-state index is 0.445. The second kappa shape index (κ2) is 9.71. The Hall–Kier alpha value is -2.89. The first kappa shape index (κ1) is 20.4. The van der Waals surface area contributed by atoms with Crippen LogP contribution in [0.15, 0.2) is 41.4 Å². The SMILES string of the molecule is COc1ccc(CCNC(N)=NCc2ccc(C)cc2N(C)C)cc1OC. The molecule has 0 aliphatic rings. The Labute approximate surface area is 162 Å². The first-order valence-electron chi connectivity index (χ1n) is 8.96. The van der Waals surface area contributed by atoms with E-state index in [1.165, 1.54) is 5.56 Å². The van der Waals surface area contributed by atoms with Crippen molar-refractivity contribution in [1.82, 2.24) is 5.32 Å². The summed E-state index contributed by atoms with van der Waals surface area (Å²) in [6, 6.07) is 12.3. The molecular formula is C21H30N4O2. The van der Waals surface area contributed by atoms with E-state index in [4.69, 9.17) is 15.2 Å². The van der Waals surface area contributed by atoms with Crippen LogP contribution in [0.4, 0.5) is 5.69 Å². The minimum absolute atomic E-state index is 0.445. The maximum Gasteiger partial charge on any atom is 0.188 e. The predicted molar refractivity (Wildman–Crippen MR) is 112 cm³/mol. The number of nitrogens with zero attached hydrogens (tertiary/aromatic N) is 2. The van der Waals surface area contributed by atoms with E-state index in [-0.39, 0.29) is 0 Å². The van der Waals surface area contributed by atoms with Gasteiger partial charge in [0, 0.05) is 26.3 Å². The van der Waals surface area contributed by atoms with Crippen molar-refractivity contribution >= 4 is 11.6 Å². The molecule has 0 unspecified atom stereocenters. The number of benzene rings is 2. The number of rotatable bonds is 8. The maximum absolute atomic E-state index is 6.02. The molecule has 27 heavy (non-hydrogen) atoms. The fourth-order valence-corrected chi connectivity index (χ4v) is 2.82. The standard InChI is InChI=1S/C21H30N4O2/c1-15-6-8-17(18(12-15)25(2)3)14-24-21(22)23-11-10-16-7-9-19(26-4)20(13-16)27-5/h6-9,12-13H,10-11,14H2,1-5H3,(H3,22,23,24). The summed E-state index contributed by atoms with van der Waals surface area (Å²) < 4.78 is 10.6. The van der Waals surface area contributed by atoms with Crippen LogP contribution >= 0.6 is 0 Å². The Bertz CT molecular complexity index is 788. The van der Waals surface area contributed by atoms with Crippen LogP contribution in [-0.2, 0) is 13.0 Å². The molecule has 0 atom stereocenters. The van der Waals surface area contributed by atoms with Gasteiger partial charge in [-0.25, -0.2) is 4.99 Å². The van der Waals surface area contributed by atoms with Gasteiger partial charge in [-0.1, -0.05) is 18.2 Å². The average Bonchev–Trinajstić information content (AvgIpc) is 2.66. The molecule has 0 heterocycles. The summed E-state index contributed by atoms with van der Waals surface area (Å²) in [5.74, 6) is 1.90. The molecule has 0 radical (unpaired) electrons. The van der Waals surface area contributed by atoms with Crippen LogP contribution in [0.25, 0.3) is 0 Å². The monoisotopic (exact) mass is 370 g/mol. The number of guanidine groups is 1. The number of hydrogen-bond acceptors (Lipinski definition) is 4. The van der Waals surface area contributed by atoms with Crippen molar-refractivity contribution in [3.63, 3.8) is 0 Å². The zero-order chi connectivity index (χ0) is 19.8. The smallest absolute Gasteiger partial charge is 0.188 e. The summed E-state index contributed by atoms with van der Waals surface area (Å²) >= 11 is 0. The summed E-state index contributed by atoms with van der Waals surface area (Å²) in [5.41, 5.74) is 10.7. The molecule has 0 saturated carbocycles. The molecule has 0 aliphatic carbocycles. The van der Waals surface area contributed by atoms with Crippen LogP contribution in [0.3, 0.4) is 0 Å². The molecule has 0 aliphatic heterocycles. The second-order valence-corrected chi connectivity index (χ2v) is 6.59. The molecule has 2 rings (SSSR count). The third-order valence-electron chi connectivity index (χ3n) is 4.31. The number of nitrogens with one attached hydrogen (secondary N) is 1. The molecule has 0 spiro atoms. The quantitative estimate of drug-likeness (QED) is 0.552.